The van der Waals surface area contributed by atoms with Gasteiger partial charge >= 0.3 is 5.63 Å². The number of carbonyl (C=O) groups excluding carboxylic acids is 2. The van der Waals surface area contributed by atoms with Gasteiger partial charge in [0.25, 0.3) is 5.91 Å². The van der Waals surface area contributed by atoms with Crippen molar-refractivity contribution in [3.63, 3.8) is 0 Å². The number of benzene rings is 1. The molecular formula is C16H18N2O5. The molecule has 2 aromatic rings. The van der Waals surface area contributed by atoms with E-state index in [-0.39, 0.29) is 23.6 Å². The molecule has 2 amide bonds. The molecule has 0 aliphatic heterocycles. The van der Waals surface area contributed by atoms with Crippen LogP contribution in [-0.2, 0) is 4.79 Å². The van der Waals surface area contributed by atoms with E-state index in [4.69, 9.17) is 9.15 Å². The molecule has 7 nitrogen and oxygen atoms in total. The summed E-state index contributed by atoms with van der Waals surface area (Å²) in [5, 5.41) is 5.53. The van der Waals surface area contributed by atoms with Crippen molar-refractivity contribution in [2.45, 2.75) is 13.8 Å². The number of amides is 2. The molecule has 0 fully saturated rings. The summed E-state index contributed by atoms with van der Waals surface area (Å²) in [5.41, 5.74) is -0.232. The highest BCUT2D eigenvalue weighted by molar-refractivity contribution is 6.06. The summed E-state index contributed by atoms with van der Waals surface area (Å²) in [4.78, 5) is 35.3. The van der Waals surface area contributed by atoms with E-state index in [0.717, 1.165) is 6.07 Å². The monoisotopic (exact) mass is 318 g/mol. The number of rotatable bonds is 6. The lowest BCUT2D eigenvalue weighted by Crippen LogP contribution is -2.37. The standard InChI is InChI=1S/C16H18N2O5/c1-3-17-14(19)9-18-16(21)12-8-15(20)23-13-7-10(22-4-2)5-6-11(12)13/h5-8H,3-4,9H2,1-2H3,(H,17,19)(H,18,21). The lowest BCUT2D eigenvalue weighted by molar-refractivity contribution is -0.120. The summed E-state index contributed by atoms with van der Waals surface area (Å²) in [6.07, 6.45) is 0. The maximum atomic E-state index is 12.2. The van der Waals surface area contributed by atoms with Crippen LogP contribution in [0.1, 0.15) is 24.2 Å². The van der Waals surface area contributed by atoms with Gasteiger partial charge in [-0.3, -0.25) is 9.59 Å². The van der Waals surface area contributed by atoms with E-state index < -0.39 is 11.5 Å². The van der Waals surface area contributed by atoms with E-state index in [2.05, 4.69) is 10.6 Å². The third-order valence-corrected chi connectivity index (χ3v) is 3.06. The molecule has 0 saturated carbocycles. The van der Waals surface area contributed by atoms with E-state index in [1.54, 1.807) is 25.1 Å². The molecule has 0 atom stereocenters. The molecule has 0 aliphatic carbocycles. The zero-order valence-electron chi connectivity index (χ0n) is 13.0. The number of hydrogen-bond donors (Lipinski definition) is 2. The maximum absolute atomic E-state index is 12.2. The maximum Gasteiger partial charge on any atom is 0.337 e. The molecule has 1 aromatic heterocycles. The summed E-state index contributed by atoms with van der Waals surface area (Å²) in [7, 11) is 0. The van der Waals surface area contributed by atoms with Gasteiger partial charge in [-0.15, -0.1) is 0 Å². The van der Waals surface area contributed by atoms with E-state index in [0.29, 0.717) is 24.3 Å². The van der Waals surface area contributed by atoms with Gasteiger partial charge in [-0.25, -0.2) is 4.79 Å². The SMILES string of the molecule is CCNC(=O)CNC(=O)c1cc(=O)oc2cc(OCC)ccc12. The number of likely N-dealkylation sites (N-methyl/N-ethyl adjacent to an activating group) is 1. The van der Waals surface area contributed by atoms with E-state index in [9.17, 15) is 14.4 Å². The predicted octanol–water partition coefficient (Wildman–Crippen LogP) is 1.06. The van der Waals surface area contributed by atoms with Crippen LogP contribution in [0.4, 0.5) is 0 Å². The molecule has 1 heterocycles. The van der Waals surface area contributed by atoms with Crippen LogP contribution >= 0.6 is 0 Å². The first kappa shape index (κ1) is 16.5. The normalized spacial score (nSPS) is 10.3. The highest BCUT2D eigenvalue weighted by atomic mass is 16.5. The Labute approximate surface area is 132 Å². The van der Waals surface area contributed by atoms with Crippen LogP contribution in [-0.4, -0.2) is 31.5 Å². The molecule has 2 N–H and O–H groups in total. The fourth-order valence-corrected chi connectivity index (χ4v) is 2.10. The van der Waals surface area contributed by atoms with Crippen LogP contribution in [0.25, 0.3) is 11.0 Å². The molecule has 0 aliphatic rings. The first-order valence-corrected chi connectivity index (χ1v) is 7.30. The molecular weight excluding hydrogens is 300 g/mol. The highest BCUT2D eigenvalue weighted by Gasteiger charge is 2.14. The molecule has 2 rings (SSSR count). The molecule has 122 valence electrons. The predicted molar refractivity (Wildman–Crippen MR) is 84.7 cm³/mol. The van der Waals surface area contributed by atoms with Crippen molar-refractivity contribution in [3.05, 3.63) is 40.2 Å². The summed E-state index contributed by atoms with van der Waals surface area (Å²) in [6.45, 7) is 4.41. The first-order valence-electron chi connectivity index (χ1n) is 7.30. The largest absolute Gasteiger partial charge is 0.494 e. The third-order valence-electron chi connectivity index (χ3n) is 3.06. The van der Waals surface area contributed by atoms with Gasteiger partial charge in [0.15, 0.2) is 0 Å². The zero-order chi connectivity index (χ0) is 16.8. The van der Waals surface area contributed by atoms with Crippen molar-refractivity contribution >= 4 is 22.8 Å². The van der Waals surface area contributed by atoms with Gasteiger partial charge in [-0.1, -0.05) is 0 Å². The van der Waals surface area contributed by atoms with Crippen molar-refractivity contribution in [1.82, 2.24) is 10.6 Å². The Bertz CT molecular complexity index is 782. The van der Waals surface area contributed by atoms with Crippen LogP contribution < -0.4 is 21.0 Å². The lowest BCUT2D eigenvalue weighted by atomic mass is 10.1. The van der Waals surface area contributed by atoms with Crippen molar-refractivity contribution in [2.24, 2.45) is 0 Å². The fourth-order valence-electron chi connectivity index (χ4n) is 2.10. The topological polar surface area (TPSA) is 97.6 Å². The number of hydrogen-bond acceptors (Lipinski definition) is 5. The summed E-state index contributed by atoms with van der Waals surface area (Å²) >= 11 is 0. The van der Waals surface area contributed by atoms with Crippen molar-refractivity contribution in [3.8, 4) is 5.75 Å². The Hall–Kier alpha value is -2.83. The molecule has 0 unspecified atom stereocenters. The van der Waals surface area contributed by atoms with Crippen molar-refractivity contribution < 1.29 is 18.7 Å². The molecule has 23 heavy (non-hydrogen) atoms. The highest BCUT2D eigenvalue weighted by Crippen LogP contribution is 2.22. The molecule has 7 heteroatoms. The summed E-state index contributed by atoms with van der Waals surface area (Å²) in [6, 6.07) is 5.99. The number of fused-ring (bicyclic) bond motifs is 1. The summed E-state index contributed by atoms with van der Waals surface area (Å²) < 4.78 is 10.5. The Morgan fingerprint density at radius 2 is 1.96 bits per heavy atom. The second kappa shape index (κ2) is 7.44. The zero-order valence-corrected chi connectivity index (χ0v) is 13.0. The summed E-state index contributed by atoms with van der Waals surface area (Å²) in [5.74, 6) is -0.270. The smallest absolute Gasteiger partial charge is 0.337 e. The van der Waals surface area contributed by atoms with Crippen LogP contribution in [0, 0.1) is 0 Å². The second-order valence-electron chi connectivity index (χ2n) is 4.71. The van der Waals surface area contributed by atoms with E-state index in [1.807, 2.05) is 6.92 Å². The second-order valence-corrected chi connectivity index (χ2v) is 4.71. The van der Waals surface area contributed by atoms with Gasteiger partial charge < -0.3 is 19.8 Å². The Morgan fingerprint density at radius 1 is 1.17 bits per heavy atom. The van der Waals surface area contributed by atoms with Gasteiger partial charge in [0.2, 0.25) is 5.91 Å². The Balaban J connectivity index is 2.30. The molecule has 0 saturated heterocycles. The Morgan fingerprint density at radius 3 is 2.65 bits per heavy atom. The minimum atomic E-state index is -0.644. The van der Waals surface area contributed by atoms with E-state index >= 15 is 0 Å². The quantitative estimate of drug-likeness (QED) is 0.776. The van der Waals surface area contributed by atoms with Gasteiger partial charge in [0.1, 0.15) is 11.3 Å². The third kappa shape index (κ3) is 4.09. The number of ether oxygens (including phenoxy) is 1. The minimum absolute atomic E-state index is 0.156. The van der Waals surface area contributed by atoms with Crippen molar-refractivity contribution in [2.75, 3.05) is 19.7 Å². The molecule has 1 aromatic carbocycles. The van der Waals surface area contributed by atoms with E-state index in [1.165, 1.54) is 0 Å². The Kier molecular flexibility index (Phi) is 5.35. The van der Waals surface area contributed by atoms with Gasteiger partial charge in [0.05, 0.1) is 18.7 Å². The van der Waals surface area contributed by atoms with Crippen LogP contribution in [0.2, 0.25) is 0 Å². The lowest BCUT2D eigenvalue weighted by Gasteiger charge is -2.08. The molecule has 0 bridgehead atoms. The van der Waals surface area contributed by atoms with Crippen molar-refractivity contribution in [1.29, 1.82) is 0 Å². The van der Waals surface area contributed by atoms with Crippen LogP contribution in [0.3, 0.4) is 0 Å². The molecule has 0 radical (unpaired) electrons. The molecule has 0 spiro atoms. The average molecular weight is 318 g/mol. The van der Waals surface area contributed by atoms with Crippen LogP contribution in [0.15, 0.2) is 33.5 Å². The van der Waals surface area contributed by atoms with Gasteiger partial charge in [0, 0.05) is 24.1 Å². The first-order chi connectivity index (χ1) is 11.0. The van der Waals surface area contributed by atoms with Gasteiger partial charge in [-0.2, -0.15) is 0 Å². The fraction of sp³-hybridized carbons (Fsp3) is 0.312. The van der Waals surface area contributed by atoms with Crippen LogP contribution in [0.5, 0.6) is 5.75 Å². The average Bonchev–Trinajstić information content (AvgIpc) is 2.52. The van der Waals surface area contributed by atoms with Gasteiger partial charge in [-0.05, 0) is 26.0 Å². The number of nitrogens with one attached hydrogen (secondary N) is 2. The number of carbonyl (C=O) groups is 2. The minimum Gasteiger partial charge on any atom is -0.494 e.